The van der Waals surface area contributed by atoms with Gasteiger partial charge >= 0.3 is 6.03 Å². The normalized spacial score (nSPS) is 20.4. The van der Waals surface area contributed by atoms with E-state index in [1.165, 1.54) is 4.31 Å². The minimum absolute atomic E-state index is 0.195. The number of rotatable bonds is 4. The van der Waals surface area contributed by atoms with Crippen LogP contribution in [-0.2, 0) is 10.0 Å². The standard InChI is InChI=1S/C18H29N5O3S/c1-20(2)16-13-22(14-16)18(24)19-15-6-4-7-17(12-15)27(25,26)23-9-5-8-21(3)10-11-23/h4,6-7,12,16H,5,8-11,13-14H2,1-3H3,(H,19,24). The Morgan fingerprint density at radius 1 is 1.15 bits per heavy atom. The summed E-state index contributed by atoms with van der Waals surface area (Å²) >= 11 is 0. The van der Waals surface area contributed by atoms with Crippen LogP contribution in [0.15, 0.2) is 29.2 Å². The molecule has 1 N–H and O–H groups in total. The zero-order chi connectivity index (χ0) is 19.6. The number of hydrogen-bond acceptors (Lipinski definition) is 5. The van der Waals surface area contributed by atoms with Crippen molar-refractivity contribution in [1.82, 2.24) is 19.0 Å². The molecule has 2 aliphatic rings. The first-order valence-corrected chi connectivity index (χ1v) is 10.7. The molecule has 0 aliphatic carbocycles. The van der Waals surface area contributed by atoms with Crippen molar-refractivity contribution in [3.05, 3.63) is 24.3 Å². The largest absolute Gasteiger partial charge is 0.321 e. The SMILES string of the molecule is CN1CCCN(S(=O)(=O)c2cccc(NC(=O)N3CC(N(C)C)C3)c2)CC1. The molecule has 2 aliphatic heterocycles. The smallest absolute Gasteiger partial charge is 0.321 e. The van der Waals surface area contributed by atoms with E-state index in [-0.39, 0.29) is 10.9 Å². The average Bonchev–Trinajstić information content (AvgIpc) is 2.78. The summed E-state index contributed by atoms with van der Waals surface area (Å²) in [6.45, 7) is 3.97. The molecule has 1 aromatic carbocycles. The molecular formula is C18H29N5O3S. The number of benzene rings is 1. The third kappa shape index (κ3) is 4.60. The molecule has 1 aromatic rings. The van der Waals surface area contributed by atoms with Crippen molar-refractivity contribution in [2.24, 2.45) is 0 Å². The molecule has 9 heteroatoms. The van der Waals surface area contributed by atoms with Crippen molar-refractivity contribution in [2.75, 3.05) is 65.7 Å². The molecule has 0 unspecified atom stereocenters. The highest BCUT2D eigenvalue weighted by Gasteiger charge is 2.32. The Morgan fingerprint density at radius 2 is 1.89 bits per heavy atom. The van der Waals surface area contributed by atoms with Gasteiger partial charge in [-0.1, -0.05) is 6.07 Å². The van der Waals surface area contributed by atoms with E-state index in [1.54, 1.807) is 29.2 Å². The van der Waals surface area contributed by atoms with Gasteiger partial charge in [0.25, 0.3) is 0 Å². The van der Waals surface area contributed by atoms with Crippen LogP contribution in [0, 0.1) is 0 Å². The van der Waals surface area contributed by atoms with Crippen molar-refractivity contribution in [1.29, 1.82) is 0 Å². The van der Waals surface area contributed by atoms with Gasteiger partial charge in [-0.15, -0.1) is 0 Å². The topological polar surface area (TPSA) is 76.2 Å². The van der Waals surface area contributed by atoms with Crippen LogP contribution in [0.25, 0.3) is 0 Å². The quantitative estimate of drug-likeness (QED) is 0.816. The molecule has 150 valence electrons. The first-order valence-electron chi connectivity index (χ1n) is 9.28. The Labute approximate surface area is 161 Å². The lowest BCUT2D eigenvalue weighted by Gasteiger charge is -2.42. The summed E-state index contributed by atoms with van der Waals surface area (Å²) in [6, 6.07) is 6.71. The van der Waals surface area contributed by atoms with Gasteiger partial charge in [0.2, 0.25) is 10.0 Å². The second kappa shape index (κ2) is 8.14. The molecule has 2 heterocycles. The van der Waals surface area contributed by atoms with Gasteiger partial charge in [0, 0.05) is 44.5 Å². The maximum atomic E-state index is 13.0. The molecule has 2 fully saturated rings. The van der Waals surface area contributed by atoms with E-state index in [2.05, 4.69) is 15.1 Å². The highest BCUT2D eigenvalue weighted by molar-refractivity contribution is 7.89. The van der Waals surface area contributed by atoms with E-state index in [9.17, 15) is 13.2 Å². The van der Waals surface area contributed by atoms with Gasteiger partial charge in [0.1, 0.15) is 0 Å². The Balaban J connectivity index is 1.67. The number of likely N-dealkylation sites (N-methyl/N-ethyl adjacent to an activating group) is 2. The van der Waals surface area contributed by atoms with Crippen LogP contribution in [0.4, 0.5) is 10.5 Å². The van der Waals surface area contributed by atoms with Crippen LogP contribution >= 0.6 is 0 Å². The number of carbonyl (C=O) groups is 1. The summed E-state index contributed by atoms with van der Waals surface area (Å²) in [5.41, 5.74) is 0.501. The fourth-order valence-corrected chi connectivity index (χ4v) is 4.81. The van der Waals surface area contributed by atoms with Gasteiger partial charge in [0.05, 0.1) is 4.90 Å². The Kier molecular flexibility index (Phi) is 6.05. The summed E-state index contributed by atoms with van der Waals surface area (Å²) in [6.07, 6.45) is 0.814. The van der Waals surface area contributed by atoms with E-state index in [1.807, 2.05) is 21.1 Å². The zero-order valence-electron chi connectivity index (χ0n) is 16.3. The molecular weight excluding hydrogens is 366 g/mol. The number of amides is 2. The molecule has 2 saturated heterocycles. The number of anilines is 1. The van der Waals surface area contributed by atoms with Crippen LogP contribution in [0.3, 0.4) is 0 Å². The Bertz CT molecular complexity index is 777. The molecule has 27 heavy (non-hydrogen) atoms. The third-order valence-electron chi connectivity index (χ3n) is 5.28. The molecule has 0 atom stereocenters. The van der Waals surface area contributed by atoms with E-state index < -0.39 is 10.0 Å². The number of nitrogens with one attached hydrogen (secondary N) is 1. The zero-order valence-corrected chi connectivity index (χ0v) is 17.1. The van der Waals surface area contributed by atoms with Gasteiger partial charge < -0.3 is 20.0 Å². The van der Waals surface area contributed by atoms with E-state index in [0.717, 1.165) is 19.5 Å². The fraction of sp³-hybridized carbons (Fsp3) is 0.611. The minimum Gasteiger partial charge on any atom is -0.321 e. The number of hydrogen-bond donors (Lipinski definition) is 1. The highest BCUT2D eigenvalue weighted by atomic mass is 32.2. The lowest BCUT2D eigenvalue weighted by molar-refractivity contribution is 0.0942. The molecule has 0 radical (unpaired) electrons. The van der Waals surface area contributed by atoms with Gasteiger partial charge in [-0.25, -0.2) is 13.2 Å². The summed E-state index contributed by atoms with van der Waals surface area (Å²) in [5.74, 6) is 0. The predicted molar refractivity (Wildman–Crippen MR) is 105 cm³/mol. The minimum atomic E-state index is -3.56. The van der Waals surface area contributed by atoms with Crippen LogP contribution in [-0.4, -0.2) is 99.9 Å². The summed E-state index contributed by atoms with van der Waals surface area (Å²) in [4.78, 5) is 18.5. The maximum Gasteiger partial charge on any atom is 0.321 e. The first kappa shape index (κ1) is 20.1. The van der Waals surface area contributed by atoms with E-state index >= 15 is 0 Å². The highest BCUT2D eigenvalue weighted by Crippen LogP contribution is 2.22. The lowest BCUT2D eigenvalue weighted by Crippen LogP contribution is -2.60. The number of nitrogens with zero attached hydrogens (tertiary/aromatic N) is 4. The number of sulfonamides is 1. The fourth-order valence-electron chi connectivity index (χ4n) is 3.30. The van der Waals surface area contributed by atoms with Crippen LogP contribution in [0.5, 0.6) is 0 Å². The van der Waals surface area contributed by atoms with Gasteiger partial charge in [-0.3, -0.25) is 0 Å². The summed E-state index contributed by atoms with van der Waals surface area (Å²) in [5, 5.41) is 2.82. The van der Waals surface area contributed by atoms with Crippen LogP contribution < -0.4 is 5.32 Å². The van der Waals surface area contributed by atoms with Gasteiger partial charge in [0.15, 0.2) is 0 Å². The number of carbonyl (C=O) groups excluding carboxylic acids is 1. The van der Waals surface area contributed by atoms with Gasteiger partial charge in [-0.05, 0) is 52.3 Å². The van der Waals surface area contributed by atoms with Crippen molar-refractivity contribution < 1.29 is 13.2 Å². The second-order valence-corrected chi connectivity index (χ2v) is 9.48. The summed E-state index contributed by atoms with van der Waals surface area (Å²) < 4.78 is 27.5. The monoisotopic (exact) mass is 395 g/mol. The lowest BCUT2D eigenvalue weighted by atomic mass is 10.1. The second-order valence-electron chi connectivity index (χ2n) is 7.54. The van der Waals surface area contributed by atoms with E-state index in [0.29, 0.717) is 37.9 Å². The Morgan fingerprint density at radius 3 is 2.59 bits per heavy atom. The first-order chi connectivity index (χ1) is 12.8. The van der Waals surface area contributed by atoms with Crippen molar-refractivity contribution in [3.8, 4) is 0 Å². The third-order valence-corrected chi connectivity index (χ3v) is 7.18. The van der Waals surface area contributed by atoms with Crippen LogP contribution in [0.2, 0.25) is 0 Å². The van der Waals surface area contributed by atoms with Crippen molar-refractivity contribution in [3.63, 3.8) is 0 Å². The molecule has 8 nitrogen and oxygen atoms in total. The van der Waals surface area contributed by atoms with Gasteiger partial charge in [-0.2, -0.15) is 4.31 Å². The molecule has 0 spiro atoms. The Hall–Kier alpha value is -1.68. The number of urea groups is 1. The number of likely N-dealkylation sites (tertiary alicyclic amines) is 1. The van der Waals surface area contributed by atoms with Crippen molar-refractivity contribution >= 4 is 21.7 Å². The van der Waals surface area contributed by atoms with Crippen molar-refractivity contribution in [2.45, 2.75) is 17.4 Å². The average molecular weight is 396 g/mol. The summed E-state index contributed by atoms with van der Waals surface area (Å²) in [7, 11) is 2.43. The molecule has 0 bridgehead atoms. The molecule has 0 aromatic heterocycles. The molecule has 2 amide bonds. The van der Waals surface area contributed by atoms with Crippen LogP contribution in [0.1, 0.15) is 6.42 Å². The molecule has 0 saturated carbocycles. The molecule has 3 rings (SSSR count). The maximum absolute atomic E-state index is 13.0. The van der Waals surface area contributed by atoms with E-state index in [4.69, 9.17) is 0 Å². The predicted octanol–water partition coefficient (Wildman–Crippen LogP) is 0.791.